The highest BCUT2D eigenvalue weighted by Crippen LogP contribution is 2.40. The highest BCUT2D eigenvalue weighted by molar-refractivity contribution is 8.00. The third-order valence-corrected chi connectivity index (χ3v) is 5.70. The molecule has 0 radical (unpaired) electrons. The minimum Gasteiger partial charge on any atom is -0.508 e. The quantitative estimate of drug-likeness (QED) is 0.545. The van der Waals surface area contributed by atoms with Crippen LogP contribution in [0.5, 0.6) is 5.75 Å². The van der Waals surface area contributed by atoms with Crippen LogP contribution in [0.25, 0.3) is 0 Å². The zero-order valence-electron chi connectivity index (χ0n) is 14.5. The van der Waals surface area contributed by atoms with Crippen LogP contribution in [0.15, 0.2) is 47.7 Å². The number of hydrogen-bond acceptors (Lipinski definition) is 6. The van der Waals surface area contributed by atoms with E-state index in [1.54, 1.807) is 19.1 Å². The second-order valence-corrected chi connectivity index (χ2v) is 7.25. The Bertz CT molecular complexity index is 849. The van der Waals surface area contributed by atoms with Crippen LogP contribution in [0, 0.1) is 0 Å². The molecule has 0 bridgehead atoms. The van der Waals surface area contributed by atoms with Crippen molar-refractivity contribution in [3.05, 3.63) is 53.3 Å². The van der Waals surface area contributed by atoms with Crippen molar-refractivity contribution >= 4 is 29.5 Å². The number of phenolic OH excluding ortho intramolecular Hbond substituents is 1. The summed E-state index contributed by atoms with van der Waals surface area (Å²) >= 11 is 1.39. The van der Waals surface area contributed by atoms with E-state index in [4.69, 9.17) is 5.73 Å². The summed E-state index contributed by atoms with van der Waals surface area (Å²) in [6, 6.07) is 4.06. The Balaban J connectivity index is 1.74. The van der Waals surface area contributed by atoms with E-state index in [2.05, 4.69) is 5.32 Å². The predicted molar refractivity (Wildman–Crippen MR) is 99.5 cm³/mol. The molecule has 1 fully saturated rings. The van der Waals surface area contributed by atoms with Gasteiger partial charge in [0.2, 0.25) is 5.91 Å². The first-order valence-electron chi connectivity index (χ1n) is 8.24. The van der Waals surface area contributed by atoms with Crippen molar-refractivity contribution in [1.82, 2.24) is 10.2 Å². The number of carbonyl (C=O) groups excluding carboxylic acids is 2. The number of phenols is 1. The number of carbonyl (C=O) groups is 3. The maximum atomic E-state index is 12.5. The Hall–Kier alpha value is -2.78. The maximum absolute atomic E-state index is 12.5. The van der Waals surface area contributed by atoms with E-state index >= 15 is 0 Å². The van der Waals surface area contributed by atoms with Crippen LogP contribution in [0.3, 0.4) is 0 Å². The van der Waals surface area contributed by atoms with Gasteiger partial charge in [0.25, 0.3) is 5.91 Å². The molecular formula is C18H19N3O5S. The molecule has 2 aliphatic rings. The van der Waals surface area contributed by atoms with Crippen molar-refractivity contribution in [2.75, 3.05) is 5.75 Å². The van der Waals surface area contributed by atoms with Crippen LogP contribution in [-0.4, -0.2) is 50.1 Å². The fourth-order valence-corrected chi connectivity index (χ4v) is 4.37. The lowest BCUT2D eigenvalue weighted by Gasteiger charge is -2.49. The number of hydrogen-bond donors (Lipinski definition) is 4. The average Bonchev–Trinajstić information content (AvgIpc) is 2.65. The average molecular weight is 389 g/mol. The molecule has 1 aromatic rings. The number of rotatable bonds is 5. The summed E-state index contributed by atoms with van der Waals surface area (Å²) in [6.45, 7) is 1.77. The number of fused-ring (bicyclic) bond motifs is 1. The van der Waals surface area contributed by atoms with Crippen LogP contribution in [0.4, 0.5) is 0 Å². The Morgan fingerprint density at radius 1 is 1.37 bits per heavy atom. The number of benzene rings is 1. The van der Waals surface area contributed by atoms with Gasteiger partial charge in [0.15, 0.2) is 0 Å². The molecule has 0 saturated carbocycles. The summed E-state index contributed by atoms with van der Waals surface area (Å²) in [5.74, 6) is -1.71. The highest BCUT2D eigenvalue weighted by Gasteiger charge is 2.54. The van der Waals surface area contributed by atoms with Gasteiger partial charge in [-0.1, -0.05) is 24.3 Å². The lowest BCUT2D eigenvalue weighted by atomic mass is 10.0. The fraction of sp³-hybridized carbons (Fsp3) is 0.278. The molecule has 8 nitrogen and oxygen atoms in total. The molecule has 3 atom stereocenters. The van der Waals surface area contributed by atoms with Crippen molar-refractivity contribution in [2.24, 2.45) is 5.73 Å². The minimum absolute atomic E-state index is 0.0461. The van der Waals surface area contributed by atoms with Gasteiger partial charge < -0.3 is 21.3 Å². The van der Waals surface area contributed by atoms with Gasteiger partial charge in [-0.25, -0.2) is 4.79 Å². The van der Waals surface area contributed by atoms with Crippen molar-refractivity contribution in [1.29, 1.82) is 0 Å². The van der Waals surface area contributed by atoms with Crippen LogP contribution in [-0.2, 0) is 14.4 Å². The van der Waals surface area contributed by atoms with E-state index in [0.717, 1.165) is 0 Å². The van der Waals surface area contributed by atoms with Gasteiger partial charge in [-0.15, -0.1) is 11.8 Å². The first-order chi connectivity index (χ1) is 12.8. The van der Waals surface area contributed by atoms with Gasteiger partial charge in [0.1, 0.15) is 28.9 Å². The Kier molecular flexibility index (Phi) is 5.24. The van der Waals surface area contributed by atoms with Crippen molar-refractivity contribution in [2.45, 2.75) is 24.4 Å². The van der Waals surface area contributed by atoms with E-state index in [-0.39, 0.29) is 11.4 Å². The molecule has 2 heterocycles. The van der Waals surface area contributed by atoms with Gasteiger partial charge in [0, 0.05) is 5.75 Å². The Morgan fingerprint density at radius 3 is 2.63 bits per heavy atom. The molecule has 2 aliphatic heterocycles. The molecule has 1 saturated heterocycles. The lowest BCUT2D eigenvalue weighted by Crippen LogP contribution is -2.71. The molecule has 142 valence electrons. The number of carboxylic acid groups (broad SMARTS) is 1. The number of nitrogens with zero attached hydrogens (tertiary/aromatic N) is 1. The van der Waals surface area contributed by atoms with Gasteiger partial charge in [-0.3, -0.25) is 14.5 Å². The monoisotopic (exact) mass is 389 g/mol. The smallest absolute Gasteiger partial charge is 0.352 e. The number of allylic oxidation sites excluding steroid dienone is 2. The molecule has 9 heteroatoms. The zero-order chi connectivity index (χ0) is 19.7. The SMILES string of the molecule is C/C=C/C1=C(C(=O)O)N2C(=O)[C@H](NC(=O)[C@H](N)c3ccc(O)cc3)[C@H]2SC1. The number of amides is 2. The van der Waals surface area contributed by atoms with Crippen LogP contribution in [0.1, 0.15) is 18.5 Å². The third kappa shape index (κ3) is 3.43. The first-order valence-corrected chi connectivity index (χ1v) is 9.28. The van der Waals surface area contributed by atoms with Crippen molar-refractivity contribution in [3.63, 3.8) is 0 Å². The molecular weight excluding hydrogens is 370 g/mol. The van der Waals surface area contributed by atoms with Gasteiger partial charge in [-0.2, -0.15) is 0 Å². The number of nitrogens with two attached hydrogens (primary N) is 1. The van der Waals surface area contributed by atoms with Crippen LogP contribution in [0.2, 0.25) is 0 Å². The third-order valence-electron chi connectivity index (χ3n) is 4.40. The number of β-lactam (4-membered cyclic amide) rings is 1. The molecule has 0 aliphatic carbocycles. The number of carboxylic acids is 1. The Morgan fingerprint density at radius 2 is 2.04 bits per heavy atom. The van der Waals surface area contributed by atoms with E-state index in [0.29, 0.717) is 16.9 Å². The molecule has 0 spiro atoms. The number of thioether (sulfide) groups is 1. The van der Waals surface area contributed by atoms with Gasteiger partial charge in [0.05, 0.1) is 0 Å². The second-order valence-electron chi connectivity index (χ2n) is 6.14. The molecule has 1 aromatic carbocycles. The highest BCUT2D eigenvalue weighted by atomic mass is 32.2. The molecule has 2 amide bonds. The maximum Gasteiger partial charge on any atom is 0.352 e. The zero-order valence-corrected chi connectivity index (χ0v) is 15.3. The Labute approximate surface area is 159 Å². The molecule has 5 N–H and O–H groups in total. The summed E-state index contributed by atoms with van der Waals surface area (Å²) in [5.41, 5.74) is 6.93. The topological polar surface area (TPSA) is 133 Å². The van der Waals surface area contributed by atoms with Gasteiger partial charge >= 0.3 is 5.97 Å². The summed E-state index contributed by atoms with van der Waals surface area (Å²) in [4.78, 5) is 37.7. The normalized spacial score (nSPS) is 23.0. The van der Waals surface area contributed by atoms with Crippen molar-refractivity contribution < 1.29 is 24.6 Å². The minimum atomic E-state index is -1.17. The first kappa shape index (κ1) is 19.0. The summed E-state index contributed by atoms with van der Waals surface area (Å²) in [6.07, 6.45) is 3.39. The fourth-order valence-electron chi connectivity index (χ4n) is 3.05. The summed E-state index contributed by atoms with van der Waals surface area (Å²) in [5, 5.41) is 20.9. The van der Waals surface area contributed by atoms with Crippen LogP contribution >= 0.6 is 11.8 Å². The second kappa shape index (κ2) is 7.45. The van der Waals surface area contributed by atoms with Crippen molar-refractivity contribution in [3.8, 4) is 5.75 Å². The van der Waals surface area contributed by atoms with E-state index in [1.807, 2.05) is 0 Å². The number of nitrogens with one attached hydrogen (secondary N) is 1. The van der Waals surface area contributed by atoms with E-state index < -0.39 is 35.2 Å². The lowest BCUT2D eigenvalue weighted by molar-refractivity contribution is -0.150. The predicted octanol–water partition coefficient (Wildman–Crippen LogP) is 0.707. The molecule has 27 heavy (non-hydrogen) atoms. The molecule has 0 unspecified atom stereocenters. The summed E-state index contributed by atoms with van der Waals surface area (Å²) < 4.78 is 0. The number of aromatic hydroxyl groups is 1. The largest absolute Gasteiger partial charge is 0.508 e. The molecule has 0 aromatic heterocycles. The number of aliphatic carboxylic acids is 1. The summed E-state index contributed by atoms with van der Waals surface area (Å²) in [7, 11) is 0. The van der Waals surface area contributed by atoms with E-state index in [1.165, 1.54) is 40.9 Å². The van der Waals surface area contributed by atoms with Gasteiger partial charge in [-0.05, 0) is 30.2 Å². The molecule has 3 rings (SSSR count). The standard InChI is InChI=1S/C18H19N3O5S/c1-2-3-10-8-27-17-13(16(24)21(17)14(10)18(25)26)20-15(23)12(19)9-4-6-11(22)7-5-9/h2-7,12-13,17,22H,8,19H2,1H3,(H,20,23)(H,25,26)/b3-2+/t12-,13+,17-/m1/s1. The van der Waals surface area contributed by atoms with E-state index in [9.17, 15) is 24.6 Å². The van der Waals surface area contributed by atoms with Crippen LogP contribution < -0.4 is 11.1 Å².